The number of hydrogen-bond donors (Lipinski definition) is 2. The molecule has 2 rings (SSSR count). The van der Waals surface area contributed by atoms with Crippen LogP contribution in [0, 0.1) is 0 Å². The van der Waals surface area contributed by atoms with Gasteiger partial charge in [0.15, 0.2) is 5.78 Å². The summed E-state index contributed by atoms with van der Waals surface area (Å²) in [6, 6.07) is 4.99. The van der Waals surface area contributed by atoms with Crippen LogP contribution in [0.25, 0.3) is 0 Å². The predicted octanol–water partition coefficient (Wildman–Crippen LogP) is 2.54. The summed E-state index contributed by atoms with van der Waals surface area (Å²) >= 11 is 0. The highest BCUT2D eigenvalue weighted by Gasteiger charge is 2.54. The van der Waals surface area contributed by atoms with Crippen molar-refractivity contribution < 1.29 is 28.6 Å². The van der Waals surface area contributed by atoms with Crippen molar-refractivity contribution in [2.75, 3.05) is 7.11 Å². The van der Waals surface area contributed by atoms with Crippen molar-refractivity contribution in [2.45, 2.75) is 64.7 Å². The predicted molar refractivity (Wildman–Crippen MR) is 102 cm³/mol. The third-order valence-electron chi connectivity index (χ3n) is 3.93. The molecule has 1 amide bonds. The molecular formula is C20H28N2O6. The second-order valence-electron chi connectivity index (χ2n) is 8.69. The molecule has 0 heterocycles. The van der Waals surface area contributed by atoms with Gasteiger partial charge in [-0.1, -0.05) is 6.07 Å². The highest BCUT2D eigenvalue weighted by molar-refractivity contribution is 6.20. The van der Waals surface area contributed by atoms with Gasteiger partial charge in [-0.05, 0) is 59.2 Å². The first-order valence-corrected chi connectivity index (χ1v) is 8.99. The Balaban J connectivity index is 2.34. The van der Waals surface area contributed by atoms with Crippen molar-refractivity contribution >= 4 is 17.8 Å². The van der Waals surface area contributed by atoms with Crippen molar-refractivity contribution in [3.05, 3.63) is 29.3 Å². The summed E-state index contributed by atoms with van der Waals surface area (Å²) < 4.78 is 15.8. The smallest absolute Gasteiger partial charge is 0.422 e. The van der Waals surface area contributed by atoms with Gasteiger partial charge in [-0.2, -0.15) is 0 Å². The lowest BCUT2D eigenvalue weighted by Gasteiger charge is -2.31. The molecule has 0 aromatic heterocycles. The molecular weight excluding hydrogens is 364 g/mol. The number of ether oxygens (including phenoxy) is 3. The average molecular weight is 392 g/mol. The molecule has 0 fully saturated rings. The summed E-state index contributed by atoms with van der Waals surface area (Å²) in [7, 11) is 1.49. The summed E-state index contributed by atoms with van der Waals surface area (Å²) in [5.74, 6) is -0.796. The zero-order valence-electron chi connectivity index (χ0n) is 17.4. The number of ketones is 1. The molecule has 1 aliphatic rings. The molecule has 0 spiro atoms. The Morgan fingerprint density at radius 1 is 1.04 bits per heavy atom. The van der Waals surface area contributed by atoms with E-state index in [-0.39, 0.29) is 6.42 Å². The van der Waals surface area contributed by atoms with Crippen LogP contribution in [0.1, 0.15) is 57.5 Å². The first kappa shape index (κ1) is 21.7. The van der Waals surface area contributed by atoms with E-state index in [1.807, 2.05) is 0 Å². The number of carbonyl (C=O) groups is 3. The summed E-state index contributed by atoms with van der Waals surface area (Å²) in [5.41, 5.74) is 2.54. The van der Waals surface area contributed by atoms with E-state index in [2.05, 4.69) is 10.9 Å². The number of fused-ring (bicyclic) bond motifs is 1. The fraction of sp³-hybridized carbons (Fsp3) is 0.550. The summed E-state index contributed by atoms with van der Waals surface area (Å²) in [5, 5.41) is 0. The standard InChI is InChI=1S/C20H28N2O6/c1-18(2,3)27-16(24)20(22-21-17(25)28-19(4,5)6)11-12-8-9-13(26-7)10-14(12)15(20)23/h8-10,22H,11H2,1-7H3,(H,21,25)/t20-/m0/s1. The Morgan fingerprint density at radius 2 is 1.64 bits per heavy atom. The molecule has 2 N–H and O–H groups in total. The molecule has 0 saturated carbocycles. The highest BCUT2D eigenvalue weighted by Crippen LogP contribution is 2.34. The van der Waals surface area contributed by atoms with E-state index >= 15 is 0 Å². The van der Waals surface area contributed by atoms with Gasteiger partial charge in [-0.3, -0.25) is 10.2 Å². The topological polar surface area (TPSA) is 103 Å². The van der Waals surface area contributed by atoms with Crippen LogP contribution in [0.4, 0.5) is 4.79 Å². The number of rotatable bonds is 4. The Bertz CT molecular complexity index is 791. The second-order valence-corrected chi connectivity index (χ2v) is 8.69. The molecule has 1 aromatic carbocycles. The maximum atomic E-state index is 13.2. The molecule has 1 aromatic rings. The molecule has 0 saturated heterocycles. The maximum Gasteiger partial charge on any atom is 0.422 e. The van der Waals surface area contributed by atoms with E-state index in [9.17, 15) is 14.4 Å². The number of benzene rings is 1. The molecule has 0 bridgehead atoms. The zero-order chi connectivity index (χ0) is 21.3. The van der Waals surface area contributed by atoms with E-state index in [4.69, 9.17) is 14.2 Å². The van der Waals surface area contributed by atoms with Crippen LogP contribution in [0.3, 0.4) is 0 Å². The van der Waals surface area contributed by atoms with Crippen molar-refractivity contribution in [1.29, 1.82) is 0 Å². The molecule has 8 heteroatoms. The van der Waals surface area contributed by atoms with Gasteiger partial charge < -0.3 is 14.2 Å². The second kappa shape index (κ2) is 7.43. The van der Waals surface area contributed by atoms with Gasteiger partial charge in [0.2, 0.25) is 5.54 Å². The minimum atomic E-state index is -1.79. The maximum absolute atomic E-state index is 13.2. The number of nitrogens with one attached hydrogen (secondary N) is 2. The molecule has 154 valence electrons. The summed E-state index contributed by atoms with van der Waals surface area (Å²) in [4.78, 5) is 38.3. The number of Topliss-reactive ketones (excluding diaryl/α,β-unsaturated/α-hetero) is 1. The molecule has 0 radical (unpaired) electrons. The number of methoxy groups -OCH3 is 1. The number of hydrogen-bond acceptors (Lipinski definition) is 7. The zero-order valence-corrected chi connectivity index (χ0v) is 17.4. The van der Waals surface area contributed by atoms with Crippen LogP contribution in [0.2, 0.25) is 0 Å². The van der Waals surface area contributed by atoms with E-state index in [0.717, 1.165) is 0 Å². The van der Waals surface area contributed by atoms with Crippen molar-refractivity contribution in [1.82, 2.24) is 10.9 Å². The Morgan fingerprint density at radius 3 is 2.18 bits per heavy atom. The van der Waals surface area contributed by atoms with Crippen LogP contribution < -0.4 is 15.6 Å². The fourth-order valence-electron chi connectivity index (χ4n) is 2.79. The molecule has 0 aliphatic heterocycles. The number of amides is 1. The Kier molecular flexibility index (Phi) is 5.75. The lowest BCUT2D eigenvalue weighted by atomic mass is 9.95. The van der Waals surface area contributed by atoms with Crippen LogP contribution >= 0.6 is 0 Å². The van der Waals surface area contributed by atoms with Crippen molar-refractivity contribution in [3.63, 3.8) is 0 Å². The number of carbonyl (C=O) groups excluding carboxylic acids is 3. The number of esters is 1. The minimum absolute atomic E-state index is 0.0237. The fourth-order valence-corrected chi connectivity index (χ4v) is 2.79. The number of hydrazine groups is 1. The van der Waals surface area contributed by atoms with Gasteiger partial charge in [-0.15, -0.1) is 0 Å². The molecule has 1 aliphatic carbocycles. The lowest BCUT2D eigenvalue weighted by molar-refractivity contribution is -0.161. The first-order valence-electron chi connectivity index (χ1n) is 8.99. The van der Waals surface area contributed by atoms with Crippen molar-refractivity contribution in [2.24, 2.45) is 0 Å². The molecule has 0 unspecified atom stereocenters. The molecule has 28 heavy (non-hydrogen) atoms. The molecule has 8 nitrogen and oxygen atoms in total. The van der Waals surface area contributed by atoms with Crippen LogP contribution in [0.15, 0.2) is 18.2 Å². The minimum Gasteiger partial charge on any atom is -0.497 e. The van der Waals surface area contributed by atoms with E-state index < -0.39 is 34.6 Å². The normalized spacial score (nSPS) is 19.0. The third kappa shape index (κ3) is 4.81. The van der Waals surface area contributed by atoms with Gasteiger partial charge >= 0.3 is 12.1 Å². The first-order chi connectivity index (χ1) is 12.8. The van der Waals surface area contributed by atoms with E-state index in [0.29, 0.717) is 16.9 Å². The average Bonchev–Trinajstić information content (AvgIpc) is 2.83. The van der Waals surface area contributed by atoms with Gasteiger partial charge in [0.05, 0.1) is 7.11 Å². The van der Waals surface area contributed by atoms with Gasteiger partial charge in [0.1, 0.15) is 17.0 Å². The Hall–Kier alpha value is -2.61. The van der Waals surface area contributed by atoms with Crippen LogP contribution in [0.5, 0.6) is 5.75 Å². The quantitative estimate of drug-likeness (QED) is 0.461. The Labute approximate surface area is 164 Å². The molecule has 1 atom stereocenters. The lowest BCUT2D eigenvalue weighted by Crippen LogP contribution is -2.64. The van der Waals surface area contributed by atoms with E-state index in [1.54, 1.807) is 59.7 Å². The monoisotopic (exact) mass is 392 g/mol. The van der Waals surface area contributed by atoms with Crippen LogP contribution in [-0.4, -0.2) is 41.7 Å². The highest BCUT2D eigenvalue weighted by atomic mass is 16.6. The van der Waals surface area contributed by atoms with Crippen LogP contribution in [-0.2, 0) is 20.7 Å². The van der Waals surface area contributed by atoms with Gasteiger partial charge in [-0.25, -0.2) is 15.0 Å². The van der Waals surface area contributed by atoms with Gasteiger partial charge in [0.25, 0.3) is 0 Å². The third-order valence-corrected chi connectivity index (χ3v) is 3.93. The summed E-state index contributed by atoms with van der Waals surface area (Å²) in [6.45, 7) is 10.2. The summed E-state index contributed by atoms with van der Waals surface area (Å²) in [6.07, 6.45) is -0.785. The van der Waals surface area contributed by atoms with E-state index in [1.165, 1.54) is 7.11 Å². The van der Waals surface area contributed by atoms with Gasteiger partial charge in [0, 0.05) is 12.0 Å². The SMILES string of the molecule is COc1ccc2c(c1)C(=O)[C@](NNC(=O)OC(C)(C)C)(C(=O)OC(C)(C)C)C2. The van der Waals surface area contributed by atoms with Crippen molar-refractivity contribution in [3.8, 4) is 5.75 Å². The largest absolute Gasteiger partial charge is 0.497 e.